The molecule has 0 aromatic carbocycles. The second-order valence-electron chi connectivity index (χ2n) is 4.62. The summed E-state index contributed by atoms with van der Waals surface area (Å²) in [6, 6.07) is 4.28. The largest absolute Gasteiger partial charge is 0.347 e. The number of nitrogens with one attached hydrogen (secondary N) is 2. The first-order valence-electron chi connectivity index (χ1n) is 6.33. The predicted molar refractivity (Wildman–Crippen MR) is 71.1 cm³/mol. The minimum atomic E-state index is 0.103. The quantitative estimate of drug-likeness (QED) is 0.782. The molecule has 1 saturated carbocycles. The molecule has 1 aromatic heterocycles. The Morgan fingerprint density at radius 3 is 3.00 bits per heavy atom. The molecule has 1 unspecified atom stereocenters. The van der Waals surface area contributed by atoms with E-state index in [0.29, 0.717) is 6.54 Å². The average molecular weight is 252 g/mol. The molecule has 2 N–H and O–H groups in total. The minimum absolute atomic E-state index is 0.103. The van der Waals surface area contributed by atoms with Gasteiger partial charge in [-0.15, -0.1) is 11.3 Å². The summed E-state index contributed by atoms with van der Waals surface area (Å²) in [4.78, 5) is 13.0. The molecule has 0 bridgehead atoms. The van der Waals surface area contributed by atoms with Crippen molar-refractivity contribution in [2.45, 2.75) is 32.2 Å². The van der Waals surface area contributed by atoms with Crippen molar-refractivity contribution in [2.75, 3.05) is 13.1 Å². The number of thiophene rings is 1. The van der Waals surface area contributed by atoms with E-state index in [9.17, 15) is 4.79 Å². The number of carbonyl (C=O) groups is 1. The first kappa shape index (κ1) is 12.6. The monoisotopic (exact) mass is 252 g/mol. The van der Waals surface area contributed by atoms with E-state index in [1.807, 2.05) is 6.07 Å². The third kappa shape index (κ3) is 4.13. The van der Waals surface area contributed by atoms with Crippen LogP contribution in [0.4, 0.5) is 0 Å². The second-order valence-corrected chi connectivity index (χ2v) is 5.60. The van der Waals surface area contributed by atoms with Gasteiger partial charge in [-0.3, -0.25) is 4.79 Å². The van der Waals surface area contributed by atoms with Gasteiger partial charge in [-0.2, -0.15) is 0 Å². The van der Waals surface area contributed by atoms with Gasteiger partial charge in [-0.1, -0.05) is 13.0 Å². The van der Waals surface area contributed by atoms with Crippen LogP contribution in [-0.2, 0) is 4.79 Å². The van der Waals surface area contributed by atoms with Crippen LogP contribution in [-0.4, -0.2) is 19.0 Å². The van der Waals surface area contributed by atoms with Crippen molar-refractivity contribution >= 4 is 17.2 Å². The molecule has 17 heavy (non-hydrogen) atoms. The van der Waals surface area contributed by atoms with Crippen LogP contribution in [0, 0.1) is 5.92 Å². The van der Waals surface area contributed by atoms with Crippen molar-refractivity contribution in [1.29, 1.82) is 0 Å². The molecule has 1 fully saturated rings. The number of hydrogen-bond acceptors (Lipinski definition) is 3. The molecule has 1 aliphatic rings. The molecule has 3 nitrogen and oxygen atoms in total. The highest BCUT2D eigenvalue weighted by Crippen LogP contribution is 2.27. The topological polar surface area (TPSA) is 41.1 Å². The SMILES string of the molecule is CCC(NC(=O)CNCC1CC1)c1cccs1. The lowest BCUT2D eigenvalue weighted by atomic mass is 10.2. The Morgan fingerprint density at radius 1 is 1.59 bits per heavy atom. The van der Waals surface area contributed by atoms with Crippen molar-refractivity contribution < 1.29 is 4.79 Å². The minimum Gasteiger partial charge on any atom is -0.347 e. The molecule has 4 heteroatoms. The van der Waals surface area contributed by atoms with Crippen LogP contribution >= 0.6 is 11.3 Å². The summed E-state index contributed by atoms with van der Waals surface area (Å²) in [6.07, 6.45) is 3.58. The van der Waals surface area contributed by atoms with E-state index in [0.717, 1.165) is 18.9 Å². The lowest BCUT2D eigenvalue weighted by Gasteiger charge is -2.15. The third-order valence-corrected chi connectivity index (χ3v) is 4.03. The maximum absolute atomic E-state index is 11.7. The summed E-state index contributed by atoms with van der Waals surface area (Å²) in [6.45, 7) is 3.53. The molecule has 0 radical (unpaired) electrons. The summed E-state index contributed by atoms with van der Waals surface area (Å²) in [7, 11) is 0. The Morgan fingerprint density at radius 2 is 2.41 bits per heavy atom. The maximum atomic E-state index is 11.7. The van der Waals surface area contributed by atoms with Crippen LogP contribution in [0.3, 0.4) is 0 Å². The Labute approximate surface area is 107 Å². The van der Waals surface area contributed by atoms with Gasteiger partial charge in [0.1, 0.15) is 0 Å². The average Bonchev–Trinajstić information content (AvgIpc) is 2.98. The van der Waals surface area contributed by atoms with Crippen molar-refractivity contribution in [3.8, 4) is 0 Å². The fourth-order valence-corrected chi connectivity index (χ4v) is 2.68. The van der Waals surface area contributed by atoms with Crippen molar-refractivity contribution in [1.82, 2.24) is 10.6 Å². The van der Waals surface area contributed by atoms with Crippen LogP contribution in [0.15, 0.2) is 17.5 Å². The summed E-state index contributed by atoms with van der Waals surface area (Å²) < 4.78 is 0. The first-order valence-corrected chi connectivity index (χ1v) is 7.21. The molecule has 1 aliphatic carbocycles. The van der Waals surface area contributed by atoms with Gasteiger partial charge in [-0.05, 0) is 43.2 Å². The highest BCUT2D eigenvalue weighted by atomic mass is 32.1. The lowest BCUT2D eigenvalue weighted by Crippen LogP contribution is -2.36. The fraction of sp³-hybridized carbons (Fsp3) is 0.615. The van der Waals surface area contributed by atoms with E-state index in [2.05, 4.69) is 29.0 Å². The molecular formula is C13H20N2OS. The molecule has 0 spiro atoms. The number of carbonyl (C=O) groups excluding carboxylic acids is 1. The molecule has 2 rings (SSSR count). The molecule has 1 heterocycles. The molecule has 1 aromatic rings. The zero-order valence-corrected chi connectivity index (χ0v) is 11.1. The van der Waals surface area contributed by atoms with Crippen LogP contribution in [0.2, 0.25) is 0 Å². The summed E-state index contributed by atoms with van der Waals surface area (Å²) in [5.74, 6) is 0.924. The second kappa shape index (κ2) is 6.17. The van der Waals surface area contributed by atoms with Crippen LogP contribution in [0.25, 0.3) is 0 Å². The fourth-order valence-electron chi connectivity index (χ4n) is 1.82. The Kier molecular flexibility index (Phi) is 4.57. The van der Waals surface area contributed by atoms with E-state index >= 15 is 0 Å². The molecule has 0 aliphatic heterocycles. The van der Waals surface area contributed by atoms with Crippen LogP contribution in [0.1, 0.15) is 37.1 Å². The van der Waals surface area contributed by atoms with E-state index in [4.69, 9.17) is 0 Å². The molecular weight excluding hydrogens is 232 g/mol. The van der Waals surface area contributed by atoms with E-state index < -0.39 is 0 Å². The summed E-state index contributed by atoms with van der Waals surface area (Å²) >= 11 is 1.70. The normalized spacial score (nSPS) is 16.8. The van der Waals surface area contributed by atoms with Gasteiger partial charge >= 0.3 is 0 Å². The Hall–Kier alpha value is -0.870. The molecule has 94 valence electrons. The summed E-state index contributed by atoms with van der Waals surface area (Å²) in [5.41, 5.74) is 0. The van der Waals surface area contributed by atoms with Crippen molar-refractivity contribution in [3.05, 3.63) is 22.4 Å². The van der Waals surface area contributed by atoms with Crippen molar-refractivity contribution in [2.24, 2.45) is 5.92 Å². The van der Waals surface area contributed by atoms with E-state index in [1.54, 1.807) is 11.3 Å². The van der Waals surface area contributed by atoms with Crippen LogP contribution in [0.5, 0.6) is 0 Å². The lowest BCUT2D eigenvalue weighted by molar-refractivity contribution is -0.121. The standard InChI is InChI=1S/C13H20N2OS/c1-2-11(12-4-3-7-17-12)15-13(16)9-14-8-10-5-6-10/h3-4,7,10-11,14H,2,5-6,8-9H2,1H3,(H,15,16). The molecule has 0 saturated heterocycles. The van der Waals surface area contributed by atoms with Crippen molar-refractivity contribution in [3.63, 3.8) is 0 Å². The van der Waals surface area contributed by atoms with Crippen LogP contribution < -0.4 is 10.6 Å². The van der Waals surface area contributed by atoms with Gasteiger partial charge in [0, 0.05) is 4.88 Å². The molecule has 1 atom stereocenters. The Balaban J connectivity index is 1.71. The highest BCUT2D eigenvalue weighted by Gasteiger charge is 2.21. The highest BCUT2D eigenvalue weighted by molar-refractivity contribution is 7.10. The van der Waals surface area contributed by atoms with Gasteiger partial charge in [0.15, 0.2) is 0 Å². The molecule has 1 amide bonds. The smallest absolute Gasteiger partial charge is 0.234 e. The van der Waals surface area contributed by atoms with E-state index in [1.165, 1.54) is 17.7 Å². The zero-order valence-electron chi connectivity index (χ0n) is 10.2. The van der Waals surface area contributed by atoms with E-state index in [-0.39, 0.29) is 11.9 Å². The number of rotatable bonds is 7. The predicted octanol–water partition coefficient (Wildman–Crippen LogP) is 2.31. The van der Waals surface area contributed by atoms with Gasteiger partial charge in [0.25, 0.3) is 0 Å². The van der Waals surface area contributed by atoms with Gasteiger partial charge in [-0.25, -0.2) is 0 Å². The summed E-state index contributed by atoms with van der Waals surface area (Å²) in [5, 5.41) is 8.34. The zero-order chi connectivity index (χ0) is 12.1. The first-order chi connectivity index (χ1) is 8.29. The number of hydrogen-bond donors (Lipinski definition) is 2. The maximum Gasteiger partial charge on any atom is 0.234 e. The van der Waals surface area contributed by atoms with Gasteiger partial charge in [0.2, 0.25) is 5.91 Å². The van der Waals surface area contributed by atoms with Gasteiger partial charge < -0.3 is 10.6 Å². The van der Waals surface area contributed by atoms with Gasteiger partial charge in [0.05, 0.1) is 12.6 Å². The Bertz CT molecular complexity index is 346. The third-order valence-electron chi connectivity index (χ3n) is 3.05. The number of amides is 1.